The van der Waals surface area contributed by atoms with Gasteiger partial charge in [-0.05, 0) is 38.5 Å². The van der Waals surface area contributed by atoms with Crippen LogP contribution in [0.15, 0.2) is 4.99 Å². The van der Waals surface area contributed by atoms with E-state index in [1.54, 1.807) is 11.3 Å². The first-order valence-electron chi connectivity index (χ1n) is 8.70. The number of nitrogens with one attached hydrogen (secondary N) is 2. The molecule has 0 aliphatic heterocycles. The molecule has 0 bridgehead atoms. The van der Waals surface area contributed by atoms with Crippen molar-refractivity contribution in [3.63, 3.8) is 0 Å². The summed E-state index contributed by atoms with van der Waals surface area (Å²) in [7, 11) is 1.81. The van der Waals surface area contributed by atoms with Gasteiger partial charge in [-0.3, -0.25) is 4.99 Å². The summed E-state index contributed by atoms with van der Waals surface area (Å²) in [5.74, 6) is 1.70. The Morgan fingerprint density at radius 1 is 1.35 bits per heavy atom. The van der Waals surface area contributed by atoms with Gasteiger partial charge in [0.15, 0.2) is 5.96 Å². The summed E-state index contributed by atoms with van der Waals surface area (Å²) < 4.78 is 5.63. The van der Waals surface area contributed by atoms with Crippen molar-refractivity contribution in [1.29, 1.82) is 0 Å². The molecule has 0 amide bonds. The summed E-state index contributed by atoms with van der Waals surface area (Å²) in [5, 5.41) is 7.88. The highest BCUT2D eigenvalue weighted by Gasteiger charge is 2.20. The minimum atomic E-state index is 0.832. The summed E-state index contributed by atoms with van der Waals surface area (Å²) in [4.78, 5) is 10.3. The number of hydrogen-bond acceptors (Lipinski definition) is 4. The van der Waals surface area contributed by atoms with Crippen LogP contribution in [0.2, 0.25) is 0 Å². The third-order valence-corrected chi connectivity index (χ3v) is 5.01. The van der Waals surface area contributed by atoms with E-state index in [-0.39, 0.29) is 0 Å². The predicted molar refractivity (Wildman–Crippen MR) is 97.5 cm³/mol. The zero-order valence-corrected chi connectivity index (χ0v) is 15.5. The van der Waals surface area contributed by atoms with E-state index in [2.05, 4.69) is 34.5 Å². The van der Waals surface area contributed by atoms with Crippen LogP contribution in [0.3, 0.4) is 0 Å². The van der Waals surface area contributed by atoms with Crippen molar-refractivity contribution in [3.8, 4) is 0 Å². The Labute approximate surface area is 144 Å². The molecular formula is C17H30N4OS. The summed E-state index contributed by atoms with van der Waals surface area (Å²) in [6.45, 7) is 7.83. The van der Waals surface area contributed by atoms with Crippen LogP contribution in [0, 0.1) is 12.8 Å². The molecule has 1 heterocycles. The number of hydrogen-bond donors (Lipinski definition) is 2. The number of guanidine groups is 1. The Bertz CT molecular complexity index is 497. The van der Waals surface area contributed by atoms with Gasteiger partial charge in [0, 0.05) is 44.6 Å². The van der Waals surface area contributed by atoms with Crippen molar-refractivity contribution >= 4 is 17.3 Å². The number of aliphatic imine (C=N–C) groups is 1. The third kappa shape index (κ3) is 6.87. The summed E-state index contributed by atoms with van der Waals surface area (Å²) in [5.41, 5.74) is 1.23. The highest BCUT2D eigenvalue weighted by molar-refractivity contribution is 7.11. The number of rotatable bonds is 10. The molecule has 0 radical (unpaired) electrons. The van der Waals surface area contributed by atoms with Gasteiger partial charge in [0.1, 0.15) is 0 Å². The molecule has 1 aliphatic rings. The number of nitrogens with zero attached hydrogens (tertiary/aromatic N) is 2. The van der Waals surface area contributed by atoms with Crippen molar-refractivity contribution in [1.82, 2.24) is 15.6 Å². The molecule has 1 aromatic heterocycles. The monoisotopic (exact) mass is 338 g/mol. The Hall–Kier alpha value is -1.14. The fourth-order valence-corrected chi connectivity index (χ4v) is 3.37. The molecule has 1 saturated carbocycles. The standard InChI is InChI=1S/C17H30N4OS/c1-4-15-13(2)23-16(21-15)8-10-20-17(18-3)19-9-5-11-22-12-14-6-7-14/h14H,4-12H2,1-3H3,(H2,18,19,20). The Morgan fingerprint density at radius 3 is 2.78 bits per heavy atom. The first-order valence-corrected chi connectivity index (χ1v) is 9.52. The zero-order chi connectivity index (χ0) is 16.5. The second-order valence-electron chi connectivity index (χ2n) is 6.01. The molecule has 5 nitrogen and oxygen atoms in total. The molecule has 130 valence electrons. The zero-order valence-electron chi connectivity index (χ0n) is 14.7. The maximum Gasteiger partial charge on any atom is 0.190 e. The molecule has 2 N–H and O–H groups in total. The molecule has 6 heteroatoms. The van der Waals surface area contributed by atoms with Gasteiger partial charge in [-0.25, -0.2) is 4.98 Å². The Kier molecular flexibility index (Phi) is 7.82. The fourth-order valence-electron chi connectivity index (χ4n) is 2.35. The quantitative estimate of drug-likeness (QED) is 0.391. The number of aromatic nitrogens is 1. The second-order valence-corrected chi connectivity index (χ2v) is 7.30. The van der Waals surface area contributed by atoms with E-state index in [4.69, 9.17) is 4.74 Å². The van der Waals surface area contributed by atoms with Gasteiger partial charge in [0.2, 0.25) is 0 Å². The summed E-state index contributed by atoms with van der Waals surface area (Å²) in [6, 6.07) is 0. The van der Waals surface area contributed by atoms with E-state index < -0.39 is 0 Å². The minimum absolute atomic E-state index is 0.832. The Balaban J connectivity index is 1.54. The molecule has 0 aromatic carbocycles. The maximum absolute atomic E-state index is 5.63. The van der Waals surface area contributed by atoms with Gasteiger partial charge in [-0.15, -0.1) is 11.3 Å². The van der Waals surface area contributed by atoms with Crippen LogP contribution in [0.1, 0.15) is 41.8 Å². The van der Waals surface area contributed by atoms with Crippen molar-refractivity contribution in [2.24, 2.45) is 10.9 Å². The van der Waals surface area contributed by atoms with Crippen LogP contribution < -0.4 is 10.6 Å². The summed E-state index contributed by atoms with van der Waals surface area (Å²) >= 11 is 1.80. The average Bonchev–Trinajstić information content (AvgIpc) is 3.31. The molecule has 0 spiro atoms. The van der Waals surface area contributed by atoms with E-state index >= 15 is 0 Å². The normalized spacial score (nSPS) is 15.0. The van der Waals surface area contributed by atoms with Crippen molar-refractivity contribution in [2.45, 2.75) is 46.0 Å². The highest BCUT2D eigenvalue weighted by atomic mass is 32.1. The van der Waals surface area contributed by atoms with Crippen LogP contribution >= 0.6 is 11.3 Å². The largest absolute Gasteiger partial charge is 0.381 e. The van der Waals surface area contributed by atoms with Gasteiger partial charge in [0.05, 0.1) is 10.7 Å². The third-order valence-electron chi connectivity index (χ3n) is 3.94. The lowest BCUT2D eigenvalue weighted by molar-refractivity contribution is 0.123. The molecular weight excluding hydrogens is 308 g/mol. The summed E-state index contributed by atoms with van der Waals surface area (Å²) in [6.07, 6.45) is 5.68. The molecule has 1 aliphatic carbocycles. The lowest BCUT2D eigenvalue weighted by atomic mass is 10.3. The highest BCUT2D eigenvalue weighted by Crippen LogP contribution is 2.28. The first kappa shape index (κ1) is 18.2. The van der Waals surface area contributed by atoms with E-state index in [1.165, 1.54) is 28.4 Å². The van der Waals surface area contributed by atoms with Gasteiger partial charge in [-0.1, -0.05) is 6.92 Å². The van der Waals surface area contributed by atoms with Crippen LogP contribution in [-0.4, -0.2) is 44.3 Å². The molecule has 0 atom stereocenters. The Morgan fingerprint density at radius 2 is 2.13 bits per heavy atom. The number of ether oxygens (including phenoxy) is 1. The number of thiazole rings is 1. The van der Waals surface area contributed by atoms with Crippen molar-refractivity contribution in [3.05, 3.63) is 15.6 Å². The molecule has 23 heavy (non-hydrogen) atoms. The molecule has 0 saturated heterocycles. The van der Waals surface area contributed by atoms with Gasteiger partial charge >= 0.3 is 0 Å². The van der Waals surface area contributed by atoms with Gasteiger partial charge in [0.25, 0.3) is 0 Å². The van der Waals surface area contributed by atoms with Gasteiger partial charge < -0.3 is 15.4 Å². The lowest BCUT2D eigenvalue weighted by Gasteiger charge is -2.11. The predicted octanol–water partition coefficient (Wildman–Crippen LogP) is 2.54. The van der Waals surface area contributed by atoms with E-state index in [9.17, 15) is 0 Å². The maximum atomic E-state index is 5.63. The van der Waals surface area contributed by atoms with Gasteiger partial charge in [-0.2, -0.15) is 0 Å². The fraction of sp³-hybridized carbons (Fsp3) is 0.765. The van der Waals surface area contributed by atoms with Crippen LogP contribution in [0.4, 0.5) is 0 Å². The second kappa shape index (κ2) is 9.88. The number of aryl methyl sites for hydroxylation is 2. The van der Waals surface area contributed by atoms with Crippen molar-refractivity contribution < 1.29 is 4.74 Å². The van der Waals surface area contributed by atoms with E-state index in [0.717, 1.165) is 57.4 Å². The molecule has 0 unspecified atom stereocenters. The smallest absolute Gasteiger partial charge is 0.190 e. The molecule has 1 aromatic rings. The average molecular weight is 339 g/mol. The molecule has 1 fully saturated rings. The SMILES string of the molecule is CCc1nc(CCNC(=NC)NCCCOCC2CC2)sc1C. The minimum Gasteiger partial charge on any atom is -0.381 e. The van der Waals surface area contributed by atoms with Crippen LogP contribution in [0.25, 0.3) is 0 Å². The molecule has 2 rings (SSSR count). The van der Waals surface area contributed by atoms with E-state index in [1.807, 2.05) is 7.05 Å². The lowest BCUT2D eigenvalue weighted by Crippen LogP contribution is -2.39. The van der Waals surface area contributed by atoms with Crippen LogP contribution in [0.5, 0.6) is 0 Å². The van der Waals surface area contributed by atoms with Crippen molar-refractivity contribution in [2.75, 3.05) is 33.4 Å². The topological polar surface area (TPSA) is 58.5 Å². The first-order chi connectivity index (χ1) is 11.2. The van der Waals surface area contributed by atoms with Crippen LogP contribution in [-0.2, 0) is 17.6 Å². The van der Waals surface area contributed by atoms with E-state index in [0.29, 0.717) is 0 Å².